The summed E-state index contributed by atoms with van der Waals surface area (Å²) in [5.74, 6) is 0. The van der Waals surface area contributed by atoms with Crippen LogP contribution in [-0.2, 0) is 13.3 Å². The van der Waals surface area contributed by atoms with Crippen LogP contribution in [0.25, 0.3) is 0 Å². The minimum atomic E-state index is -2.44. The van der Waals surface area contributed by atoms with Crippen molar-refractivity contribution in [1.82, 2.24) is 0 Å². The van der Waals surface area contributed by atoms with Crippen LogP contribution >= 0.6 is 12.2 Å². The monoisotopic (exact) mass is 231 g/mol. The zero-order valence-electron chi connectivity index (χ0n) is 9.05. The van der Waals surface area contributed by atoms with Gasteiger partial charge in [-0.1, -0.05) is 6.92 Å². The molecule has 0 aliphatic carbocycles. The summed E-state index contributed by atoms with van der Waals surface area (Å²) in [6.45, 7) is 3.86. The summed E-state index contributed by atoms with van der Waals surface area (Å²) in [5.41, 5.74) is 0. The summed E-state index contributed by atoms with van der Waals surface area (Å²) in [4.78, 5) is 0. The fourth-order valence-corrected chi connectivity index (χ4v) is 2.14. The first-order valence-corrected chi connectivity index (χ1v) is 6.53. The molecule has 0 aromatic carbocycles. The molecule has 0 spiro atoms. The third-order valence-electron chi connectivity index (χ3n) is 1.49. The topological polar surface area (TPSA) is 27.7 Å². The maximum Gasteiger partial charge on any atom is 0.562 e. The van der Waals surface area contributed by atoms with E-state index in [1.165, 1.54) is 0 Å². The van der Waals surface area contributed by atoms with Gasteiger partial charge in [-0.15, -0.1) is 0 Å². The molecule has 0 saturated heterocycles. The van der Waals surface area contributed by atoms with Crippen LogP contribution in [0.1, 0.15) is 19.8 Å². The third kappa shape index (κ3) is 7.01. The van der Waals surface area contributed by atoms with Crippen molar-refractivity contribution in [2.24, 2.45) is 0 Å². The zero-order chi connectivity index (χ0) is 9.61. The summed E-state index contributed by atoms with van der Waals surface area (Å²) >= 11 is 4.99. The number of hydrogen-bond donors (Lipinski definition) is 0. The molecule has 6 heteroatoms. The molecule has 0 aromatic rings. The van der Waals surface area contributed by atoms with E-state index in [0.29, 0.717) is 5.05 Å². The van der Waals surface area contributed by atoms with E-state index in [1.54, 1.807) is 14.2 Å². The van der Waals surface area contributed by atoms with E-state index in [-0.39, 0.29) is 29.6 Å². The molecular formula is C7H16NaO3SSi. The van der Waals surface area contributed by atoms with Crippen molar-refractivity contribution in [3.8, 4) is 0 Å². The third-order valence-corrected chi connectivity index (χ3v) is 4.03. The number of rotatable bonds is 5. The van der Waals surface area contributed by atoms with Crippen molar-refractivity contribution >= 4 is 55.6 Å². The van der Waals surface area contributed by atoms with E-state index < -0.39 is 8.80 Å². The molecule has 3 nitrogen and oxygen atoms in total. The molecule has 0 aliphatic heterocycles. The van der Waals surface area contributed by atoms with Crippen LogP contribution in [0, 0.1) is 0 Å². The second kappa shape index (κ2) is 8.34. The Balaban J connectivity index is 0. The minimum Gasteiger partial charge on any atom is -0.495 e. The van der Waals surface area contributed by atoms with Crippen LogP contribution in [0.3, 0.4) is 0 Å². The van der Waals surface area contributed by atoms with Crippen LogP contribution in [0.2, 0.25) is 6.55 Å². The molecule has 0 aliphatic rings. The average molecular weight is 231 g/mol. The second-order valence-electron chi connectivity index (χ2n) is 2.49. The van der Waals surface area contributed by atoms with E-state index in [9.17, 15) is 0 Å². The molecule has 0 fully saturated rings. The fourth-order valence-electron chi connectivity index (χ4n) is 0.629. The van der Waals surface area contributed by atoms with Crippen LogP contribution in [0.15, 0.2) is 0 Å². The van der Waals surface area contributed by atoms with Crippen molar-refractivity contribution in [2.75, 3.05) is 14.2 Å². The Labute approximate surface area is 109 Å². The van der Waals surface area contributed by atoms with E-state index >= 15 is 0 Å². The van der Waals surface area contributed by atoms with Crippen molar-refractivity contribution in [3.05, 3.63) is 0 Å². The quantitative estimate of drug-likeness (QED) is 0.531. The van der Waals surface area contributed by atoms with E-state index in [1.807, 2.05) is 13.5 Å². The molecule has 1 radical (unpaired) electrons. The standard InChI is InChI=1S/C7H16O3SSi.Na/c1-5-6-7(11)10-12(4,8-2)9-3;/h5-6H2,1-4H3;. The van der Waals surface area contributed by atoms with Gasteiger partial charge in [0.15, 0.2) is 0 Å². The number of hydrogen-bond acceptors (Lipinski definition) is 4. The van der Waals surface area contributed by atoms with E-state index in [2.05, 4.69) is 0 Å². The summed E-state index contributed by atoms with van der Waals surface area (Å²) in [6.07, 6.45) is 1.77. The van der Waals surface area contributed by atoms with Gasteiger partial charge in [-0.3, -0.25) is 0 Å². The molecule has 0 amide bonds. The Morgan fingerprint density at radius 1 is 1.31 bits per heavy atom. The van der Waals surface area contributed by atoms with Crippen molar-refractivity contribution < 1.29 is 13.3 Å². The molecule has 0 rings (SSSR count). The van der Waals surface area contributed by atoms with Crippen molar-refractivity contribution in [1.29, 1.82) is 0 Å². The van der Waals surface area contributed by atoms with E-state index in [4.69, 9.17) is 25.5 Å². The van der Waals surface area contributed by atoms with Gasteiger partial charge >= 0.3 is 8.80 Å². The fraction of sp³-hybridized carbons (Fsp3) is 0.857. The molecule has 0 atom stereocenters. The Kier molecular flexibility index (Phi) is 10.6. The molecule has 0 bridgehead atoms. The molecule has 0 saturated carbocycles. The summed E-state index contributed by atoms with van der Waals surface area (Å²) in [5, 5.41) is 0.579. The SMILES string of the molecule is CCCC(=S)O[Si](C)(OC)OC.[Na]. The van der Waals surface area contributed by atoms with Gasteiger partial charge in [0.1, 0.15) is 5.05 Å². The van der Waals surface area contributed by atoms with Gasteiger partial charge in [0.2, 0.25) is 0 Å². The Hall–Kier alpha value is 1.03. The van der Waals surface area contributed by atoms with Gasteiger partial charge in [0.05, 0.1) is 0 Å². The minimum absolute atomic E-state index is 0. The molecule has 73 valence electrons. The molecule has 0 unspecified atom stereocenters. The molecule has 0 heterocycles. The van der Waals surface area contributed by atoms with Crippen molar-refractivity contribution in [2.45, 2.75) is 26.3 Å². The van der Waals surface area contributed by atoms with Crippen LogP contribution < -0.4 is 0 Å². The summed E-state index contributed by atoms with van der Waals surface area (Å²) in [7, 11) is 0.709. The predicted octanol–water partition coefficient (Wildman–Crippen LogP) is 1.61. The maximum absolute atomic E-state index is 5.40. The Morgan fingerprint density at radius 3 is 2.08 bits per heavy atom. The van der Waals surface area contributed by atoms with Crippen molar-refractivity contribution in [3.63, 3.8) is 0 Å². The zero-order valence-corrected chi connectivity index (χ0v) is 12.9. The van der Waals surface area contributed by atoms with Gasteiger partial charge < -0.3 is 13.3 Å². The predicted molar refractivity (Wildman–Crippen MR) is 60.0 cm³/mol. The first kappa shape index (κ1) is 16.5. The average Bonchev–Trinajstić information content (AvgIpc) is 2.05. The normalized spacial score (nSPS) is 10.5. The second-order valence-corrected chi connectivity index (χ2v) is 5.70. The largest absolute Gasteiger partial charge is 0.562 e. The molecule has 0 aromatic heterocycles. The molecular weight excluding hydrogens is 215 g/mol. The van der Waals surface area contributed by atoms with Crippen LogP contribution in [0.5, 0.6) is 0 Å². The van der Waals surface area contributed by atoms with Gasteiger partial charge in [-0.2, -0.15) is 0 Å². The molecule has 0 N–H and O–H groups in total. The Bertz CT molecular complexity index is 153. The van der Waals surface area contributed by atoms with Gasteiger partial charge in [0.25, 0.3) is 0 Å². The van der Waals surface area contributed by atoms with Crippen LogP contribution in [0.4, 0.5) is 0 Å². The maximum atomic E-state index is 5.40. The van der Waals surface area contributed by atoms with Crippen LogP contribution in [-0.4, -0.2) is 57.6 Å². The summed E-state index contributed by atoms with van der Waals surface area (Å²) in [6, 6.07) is 0. The van der Waals surface area contributed by atoms with Gasteiger partial charge in [0, 0.05) is 56.7 Å². The van der Waals surface area contributed by atoms with Gasteiger partial charge in [-0.05, 0) is 18.6 Å². The first-order chi connectivity index (χ1) is 5.58. The Morgan fingerprint density at radius 2 is 1.77 bits per heavy atom. The smallest absolute Gasteiger partial charge is 0.495 e. The molecule has 13 heavy (non-hydrogen) atoms. The first-order valence-electron chi connectivity index (χ1n) is 3.90. The van der Waals surface area contributed by atoms with E-state index in [0.717, 1.165) is 12.8 Å². The summed E-state index contributed by atoms with van der Waals surface area (Å²) < 4.78 is 15.6. The number of thiocarbonyl (C=S) groups is 1. The van der Waals surface area contributed by atoms with Gasteiger partial charge in [-0.25, -0.2) is 0 Å².